The summed E-state index contributed by atoms with van der Waals surface area (Å²) in [4.78, 5) is 14.3. The van der Waals surface area contributed by atoms with Crippen LogP contribution in [0.2, 0.25) is 0 Å². The average Bonchev–Trinajstić information content (AvgIpc) is 2.52. The van der Waals surface area contributed by atoms with E-state index in [9.17, 15) is 4.79 Å². The van der Waals surface area contributed by atoms with E-state index in [-0.39, 0.29) is 17.7 Å². The Morgan fingerprint density at radius 2 is 1.86 bits per heavy atom. The summed E-state index contributed by atoms with van der Waals surface area (Å²) >= 11 is 0. The Labute approximate surface area is 126 Å². The van der Waals surface area contributed by atoms with Gasteiger partial charge in [-0.15, -0.1) is 0 Å². The number of nitrogens with two attached hydrogens (primary N) is 1. The third-order valence-corrected chi connectivity index (χ3v) is 3.60. The quantitative estimate of drug-likeness (QED) is 0.351. The molecule has 0 aliphatic rings. The number of amidine groups is 1. The van der Waals surface area contributed by atoms with Gasteiger partial charge in [-0.3, -0.25) is 4.79 Å². The SMILES string of the molecule is CCCC(CCC)C(=O)N(C)c1ccccc1/C(N)=N/O. The molecule has 0 aliphatic heterocycles. The third-order valence-electron chi connectivity index (χ3n) is 3.60. The van der Waals surface area contributed by atoms with E-state index in [0.29, 0.717) is 11.3 Å². The van der Waals surface area contributed by atoms with E-state index < -0.39 is 0 Å². The molecule has 1 aromatic rings. The maximum atomic E-state index is 12.7. The van der Waals surface area contributed by atoms with Crippen molar-refractivity contribution in [2.45, 2.75) is 39.5 Å². The second-order valence-corrected chi connectivity index (χ2v) is 5.17. The molecule has 5 nitrogen and oxygen atoms in total. The molecule has 0 unspecified atom stereocenters. The van der Waals surface area contributed by atoms with Gasteiger partial charge in [0, 0.05) is 18.5 Å². The van der Waals surface area contributed by atoms with Crippen LogP contribution < -0.4 is 10.6 Å². The summed E-state index contributed by atoms with van der Waals surface area (Å²) in [6.07, 6.45) is 3.71. The van der Waals surface area contributed by atoms with E-state index in [2.05, 4.69) is 19.0 Å². The Morgan fingerprint density at radius 1 is 1.29 bits per heavy atom. The first-order chi connectivity index (χ1) is 10.1. The van der Waals surface area contributed by atoms with Crippen molar-refractivity contribution in [1.29, 1.82) is 0 Å². The number of hydrogen-bond donors (Lipinski definition) is 2. The molecule has 0 saturated heterocycles. The van der Waals surface area contributed by atoms with Crippen LogP contribution >= 0.6 is 0 Å². The fraction of sp³-hybridized carbons (Fsp3) is 0.500. The molecule has 5 heteroatoms. The van der Waals surface area contributed by atoms with Crippen LogP contribution in [0.25, 0.3) is 0 Å². The standard InChI is InChI=1S/C16H25N3O2/c1-4-8-12(9-5-2)16(20)19(3)14-11-7-6-10-13(14)15(17)18-21/h6-7,10-12,21H,4-5,8-9H2,1-3H3,(H2,17,18). The molecule has 0 aromatic heterocycles. The number of rotatable bonds is 7. The minimum absolute atomic E-state index is 0.00721. The van der Waals surface area contributed by atoms with Gasteiger partial charge in [0.1, 0.15) is 0 Å². The number of benzene rings is 1. The summed E-state index contributed by atoms with van der Waals surface area (Å²) < 4.78 is 0. The Kier molecular flexibility index (Phi) is 6.72. The zero-order chi connectivity index (χ0) is 15.8. The van der Waals surface area contributed by atoms with Gasteiger partial charge in [-0.1, -0.05) is 44.0 Å². The van der Waals surface area contributed by atoms with E-state index in [0.717, 1.165) is 25.7 Å². The first kappa shape index (κ1) is 17.0. The van der Waals surface area contributed by atoms with Gasteiger partial charge in [-0.05, 0) is 25.0 Å². The molecule has 0 radical (unpaired) electrons. The average molecular weight is 291 g/mol. The molecule has 0 aliphatic carbocycles. The number of oxime groups is 1. The predicted molar refractivity (Wildman–Crippen MR) is 85.7 cm³/mol. The van der Waals surface area contributed by atoms with Crippen molar-refractivity contribution < 1.29 is 10.0 Å². The lowest BCUT2D eigenvalue weighted by Gasteiger charge is -2.25. The molecule has 0 heterocycles. The van der Waals surface area contributed by atoms with Crippen molar-refractivity contribution >= 4 is 17.4 Å². The van der Waals surface area contributed by atoms with Crippen molar-refractivity contribution in [2.75, 3.05) is 11.9 Å². The molecule has 1 rings (SSSR count). The summed E-state index contributed by atoms with van der Waals surface area (Å²) in [5, 5.41) is 11.9. The summed E-state index contributed by atoms with van der Waals surface area (Å²) in [5.74, 6) is 0.106. The van der Waals surface area contributed by atoms with Gasteiger partial charge in [0.2, 0.25) is 5.91 Å². The molecule has 0 saturated carbocycles. The van der Waals surface area contributed by atoms with Crippen LogP contribution in [0, 0.1) is 5.92 Å². The second-order valence-electron chi connectivity index (χ2n) is 5.17. The highest BCUT2D eigenvalue weighted by atomic mass is 16.4. The van der Waals surface area contributed by atoms with Crippen molar-refractivity contribution in [3.05, 3.63) is 29.8 Å². The van der Waals surface area contributed by atoms with E-state index in [4.69, 9.17) is 10.9 Å². The van der Waals surface area contributed by atoms with Crippen LogP contribution in [0.5, 0.6) is 0 Å². The Hall–Kier alpha value is -2.04. The van der Waals surface area contributed by atoms with Crippen molar-refractivity contribution in [3.63, 3.8) is 0 Å². The van der Waals surface area contributed by atoms with Gasteiger partial charge < -0.3 is 15.8 Å². The maximum Gasteiger partial charge on any atom is 0.229 e. The topological polar surface area (TPSA) is 78.9 Å². The van der Waals surface area contributed by atoms with E-state index in [1.54, 1.807) is 30.1 Å². The second kappa shape index (κ2) is 8.29. The minimum atomic E-state index is 0.00721. The van der Waals surface area contributed by atoms with Crippen LogP contribution in [0.15, 0.2) is 29.4 Å². The highest BCUT2D eigenvalue weighted by molar-refractivity contribution is 6.06. The van der Waals surface area contributed by atoms with Crippen molar-refractivity contribution in [2.24, 2.45) is 16.8 Å². The van der Waals surface area contributed by atoms with Crippen molar-refractivity contribution in [3.8, 4) is 0 Å². The lowest BCUT2D eigenvalue weighted by Crippen LogP contribution is -2.34. The van der Waals surface area contributed by atoms with Gasteiger partial charge in [0.15, 0.2) is 5.84 Å². The predicted octanol–water partition coefficient (Wildman–Crippen LogP) is 2.96. The largest absolute Gasteiger partial charge is 0.409 e. The summed E-state index contributed by atoms with van der Waals surface area (Å²) in [7, 11) is 1.74. The fourth-order valence-corrected chi connectivity index (χ4v) is 2.52. The molecular formula is C16H25N3O2. The van der Waals surface area contributed by atoms with Gasteiger partial charge in [0.25, 0.3) is 0 Å². The summed E-state index contributed by atoms with van der Waals surface area (Å²) in [6, 6.07) is 7.18. The number of hydrogen-bond acceptors (Lipinski definition) is 3. The number of amides is 1. The summed E-state index contributed by atoms with van der Waals surface area (Å²) in [6.45, 7) is 4.17. The zero-order valence-electron chi connectivity index (χ0n) is 13.0. The molecule has 1 amide bonds. The van der Waals surface area contributed by atoms with E-state index >= 15 is 0 Å². The zero-order valence-corrected chi connectivity index (χ0v) is 13.0. The number of nitrogens with zero attached hydrogens (tertiary/aromatic N) is 2. The third kappa shape index (κ3) is 4.21. The van der Waals surface area contributed by atoms with E-state index in [1.807, 2.05) is 6.07 Å². The molecule has 0 fully saturated rings. The van der Waals surface area contributed by atoms with Crippen LogP contribution in [0.3, 0.4) is 0 Å². The molecule has 116 valence electrons. The monoisotopic (exact) mass is 291 g/mol. The highest BCUT2D eigenvalue weighted by Crippen LogP contribution is 2.24. The number of carbonyl (C=O) groups excluding carboxylic acids is 1. The number of carbonyl (C=O) groups is 1. The molecule has 3 N–H and O–H groups in total. The first-order valence-corrected chi connectivity index (χ1v) is 7.41. The normalized spacial score (nSPS) is 11.7. The van der Waals surface area contributed by atoms with Crippen molar-refractivity contribution in [1.82, 2.24) is 0 Å². The number of anilines is 1. The minimum Gasteiger partial charge on any atom is -0.409 e. The van der Waals surface area contributed by atoms with Crippen LogP contribution in [0.1, 0.15) is 45.1 Å². The lowest BCUT2D eigenvalue weighted by atomic mass is 9.96. The molecular weight excluding hydrogens is 266 g/mol. The fourth-order valence-electron chi connectivity index (χ4n) is 2.52. The first-order valence-electron chi connectivity index (χ1n) is 7.41. The molecule has 0 atom stereocenters. The smallest absolute Gasteiger partial charge is 0.229 e. The molecule has 1 aromatic carbocycles. The Balaban J connectivity index is 3.07. The van der Waals surface area contributed by atoms with Gasteiger partial charge in [-0.25, -0.2) is 0 Å². The van der Waals surface area contributed by atoms with E-state index in [1.165, 1.54) is 0 Å². The highest BCUT2D eigenvalue weighted by Gasteiger charge is 2.23. The van der Waals surface area contributed by atoms with Gasteiger partial charge in [0.05, 0.1) is 5.69 Å². The van der Waals surface area contributed by atoms with Crippen LogP contribution in [-0.4, -0.2) is 24.0 Å². The van der Waals surface area contributed by atoms with Gasteiger partial charge >= 0.3 is 0 Å². The summed E-state index contributed by atoms with van der Waals surface area (Å²) in [5.41, 5.74) is 6.91. The molecule has 21 heavy (non-hydrogen) atoms. The maximum absolute atomic E-state index is 12.7. The molecule has 0 bridgehead atoms. The van der Waals surface area contributed by atoms with Crippen LogP contribution in [-0.2, 0) is 4.79 Å². The lowest BCUT2D eigenvalue weighted by molar-refractivity contribution is -0.122. The number of para-hydroxylation sites is 1. The van der Waals surface area contributed by atoms with Gasteiger partial charge in [-0.2, -0.15) is 0 Å². The Bertz CT molecular complexity index is 494. The van der Waals surface area contributed by atoms with Crippen LogP contribution in [0.4, 0.5) is 5.69 Å². The Morgan fingerprint density at radius 3 is 2.38 bits per heavy atom. The molecule has 0 spiro atoms.